The zero-order valence-electron chi connectivity index (χ0n) is 12.3. The van der Waals surface area contributed by atoms with Gasteiger partial charge in [-0.15, -0.1) is 0 Å². The van der Waals surface area contributed by atoms with E-state index in [0.717, 1.165) is 12.0 Å². The van der Waals surface area contributed by atoms with Crippen molar-refractivity contribution in [2.24, 2.45) is 0 Å². The fraction of sp³-hybridized carbons (Fsp3) is 0.600. The maximum atomic E-state index is 11.1. The molecule has 2 N–H and O–H groups in total. The largest absolute Gasteiger partial charge is 0.508 e. The SMILES string of the molecule is Cc1ccc(O)c2c1C(C)CC2NCCCS(C)(=O)=O. The Morgan fingerprint density at radius 2 is 2.05 bits per heavy atom. The fourth-order valence-corrected chi connectivity index (χ4v) is 3.81. The molecule has 0 aromatic heterocycles. The van der Waals surface area contributed by atoms with E-state index in [9.17, 15) is 13.5 Å². The lowest BCUT2D eigenvalue weighted by atomic mass is 9.97. The minimum atomic E-state index is -2.90. The maximum Gasteiger partial charge on any atom is 0.147 e. The van der Waals surface area contributed by atoms with Crippen molar-refractivity contribution in [1.29, 1.82) is 0 Å². The Hall–Kier alpha value is -1.07. The number of hydrogen-bond acceptors (Lipinski definition) is 4. The van der Waals surface area contributed by atoms with E-state index in [1.165, 1.54) is 17.4 Å². The third-order valence-corrected chi connectivity index (χ3v) is 5.03. The zero-order chi connectivity index (χ0) is 14.9. The van der Waals surface area contributed by atoms with Crippen LogP contribution in [0.2, 0.25) is 0 Å². The highest BCUT2D eigenvalue weighted by Crippen LogP contribution is 2.45. The molecule has 4 nitrogen and oxygen atoms in total. The van der Waals surface area contributed by atoms with Crippen LogP contribution in [0.3, 0.4) is 0 Å². The van der Waals surface area contributed by atoms with Crippen LogP contribution < -0.4 is 5.32 Å². The number of fused-ring (bicyclic) bond motifs is 1. The second kappa shape index (κ2) is 5.74. The molecule has 2 rings (SSSR count). The first-order valence-electron chi connectivity index (χ1n) is 7.03. The average Bonchev–Trinajstić information content (AvgIpc) is 2.67. The Bertz CT molecular complexity index is 595. The molecule has 0 fully saturated rings. The minimum Gasteiger partial charge on any atom is -0.508 e. The first-order valence-corrected chi connectivity index (χ1v) is 9.09. The molecule has 20 heavy (non-hydrogen) atoms. The number of aryl methyl sites for hydroxylation is 1. The number of nitrogens with one attached hydrogen (secondary N) is 1. The summed E-state index contributed by atoms with van der Waals surface area (Å²) in [6.45, 7) is 4.89. The second-order valence-electron chi connectivity index (χ2n) is 5.86. The van der Waals surface area contributed by atoms with Crippen molar-refractivity contribution in [1.82, 2.24) is 5.32 Å². The van der Waals surface area contributed by atoms with Crippen LogP contribution in [-0.4, -0.2) is 32.1 Å². The van der Waals surface area contributed by atoms with E-state index in [1.54, 1.807) is 6.07 Å². The fourth-order valence-electron chi connectivity index (χ4n) is 3.14. The van der Waals surface area contributed by atoms with Crippen LogP contribution in [0.5, 0.6) is 5.75 Å². The molecule has 1 aromatic rings. The normalized spacial score (nSPS) is 21.9. The molecule has 5 heteroatoms. The first kappa shape index (κ1) is 15.3. The van der Waals surface area contributed by atoms with E-state index in [0.29, 0.717) is 24.6 Å². The summed E-state index contributed by atoms with van der Waals surface area (Å²) >= 11 is 0. The molecule has 1 aromatic carbocycles. The highest BCUT2D eigenvalue weighted by molar-refractivity contribution is 7.90. The smallest absolute Gasteiger partial charge is 0.147 e. The summed E-state index contributed by atoms with van der Waals surface area (Å²) in [5, 5.41) is 13.5. The summed E-state index contributed by atoms with van der Waals surface area (Å²) in [6.07, 6.45) is 2.81. The van der Waals surface area contributed by atoms with Gasteiger partial charge in [0.25, 0.3) is 0 Å². The number of aromatic hydroxyl groups is 1. The second-order valence-corrected chi connectivity index (χ2v) is 8.12. The summed E-state index contributed by atoms with van der Waals surface area (Å²) in [5.41, 5.74) is 3.45. The summed E-state index contributed by atoms with van der Waals surface area (Å²) in [6, 6.07) is 3.83. The van der Waals surface area contributed by atoms with Gasteiger partial charge in [-0.1, -0.05) is 13.0 Å². The third kappa shape index (κ3) is 3.33. The lowest BCUT2D eigenvalue weighted by Crippen LogP contribution is -2.22. The van der Waals surface area contributed by atoms with E-state index in [4.69, 9.17) is 0 Å². The molecule has 0 saturated heterocycles. The summed E-state index contributed by atoms with van der Waals surface area (Å²) in [4.78, 5) is 0. The molecule has 1 aliphatic carbocycles. The Kier molecular flexibility index (Phi) is 4.39. The van der Waals surface area contributed by atoms with Crippen LogP contribution in [0.25, 0.3) is 0 Å². The number of benzene rings is 1. The molecule has 1 aliphatic rings. The Morgan fingerprint density at radius 1 is 1.35 bits per heavy atom. The van der Waals surface area contributed by atoms with Crippen LogP contribution in [0.1, 0.15) is 48.4 Å². The van der Waals surface area contributed by atoms with E-state index < -0.39 is 9.84 Å². The van der Waals surface area contributed by atoms with E-state index >= 15 is 0 Å². The average molecular weight is 297 g/mol. The molecular formula is C15H23NO3S. The van der Waals surface area contributed by atoms with Gasteiger partial charge in [-0.2, -0.15) is 0 Å². The van der Waals surface area contributed by atoms with Crippen molar-refractivity contribution in [3.8, 4) is 5.75 Å². The van der Waals surface area contributed by atoms with Gasteiger partial charge in [-0.25, -0.2) is 8.42 Å². The molecule has 2 unspecified atom stereocenters. The van der Waals surface area contributed by atoms with Crippen LogP contribution in [0.4, 0.5) is 0 Å². The molecule has 0 bridgehead atoms. The van der Waals surface area contributed by atoms with Crippen molar-refractivity contribution >= 4 is 9.84 Å². The van der Waals surface area contributed by atoms with Crippen molar-refractivity contribution < 1.29 is 13.5 Å². The van der Waals surface area contributed by atoms with Gasteiger partial charge < -0.3 is 10.4 Å². The summed E-state index contributed by atoms with van der Waals surface area (Å²) < 4.78 is 22.2. The zero-order valence-corrected chi connectivity index (χ0v) is 13.1. The maximum absolute atomic E-state index is 11.1. The molecule has 0 radical (unpaired) electrons. The number of rotatable bonds is 5. The van der Waals surface area contributed by atoms with E-state index in [1.807, 2.05) is 6.07 Å². The van der Waals surface area contributed by atoms with Crippen LogP contribution >= 0.6 is 0 Å². The van der Waals surface area contributed by atoms with Gasteiger partial charge in [0, 0.05) is 17.9 Å². The van der Waals surface area contributed by atoms with E-state index in [2.05, 4.69) is 19.2 Å². The van der Waals surface area contributed by atoms with Crippen molar-refractivity contribution in [2.45, 2.75) is 38.6 Å². The van der Waals surface area contributed by atoms with Gasteiger partial charge in [-0.05, 0) is 49.4 Å². The number of sulfone groups is 1. The number of phenolic OH excluding ortho intramolecular Hbond substituents is 1. The van der Waals surface area contributed by atoms with Gasteiger partial charge in [0.05, 0.1) is 5.75 Å². The van der Waals surface area contributed by atoms with E-state index in [-0.39, 0.29) is 11.8 Å². The standard InChI is InChI=1S/C15H23NO3S/c1-10-5-6-13(17)15-12(9-11(2)14(10)15)16-7-4-8-20(3,18)19/h5-6,11-12,16-17H,4,7-9H2,1-3H3. The van der Waals surface area contributed by atoms with Gasteiger partial charge in [0.15, 0.2) is 0 Å². The monoisotopic (exact) mass is 297 g/mol. The Labute approximate surface area is 121 Å². The van der Waals surface area contributed by atoms with Crippen molar-refractivity contribution in [2.75, 3.05) is 18.6 Å². The van der Waals surface area contributed by atoms with Crippen LogP contribution in [-0.2, 0) is 9.84 Å². The van der Waals surface area contributed by atoms with Gasteiger partial charge in [-0.3, -0.25) is 0 Å². The number of hydrogen-bond donors (Lipinski definition) is 2. The molecule has 2 atom stereocenters. The molecule has 0 aliphatic heterocycles. The predicted octanol–water partition coefficient (Wildman–Crippen LogP) is 2.27. The molecule has 112 valence electrons. The summed E-state index contributed by atoms with van der Waals surface area (Å²) in [7, 11) is -2.90. The van der Waals surface area contributed by atoms with Gasteiger partial charge in [0.2, 0.25) is 0 Å². The summed E-state index contributed by atoms with van der Waals surface area (Å²) in [5.74, 6) is 0.967. The van der Waals surface area contributed by atoms with Crippen molar-refractivity contribution in [3.05, 3.63) is 28.8 Å². The van der Waals surface area contributed by atoms with Gasteiger partial charge >= 0.3 is 0 Å². The van der Waals surface area contributed by atoms with Crippen LogP contribution in [0, 0.1) is 6.92 Å². The van der Waals surface area contributed by atoms with Gasteiger partial charge in [0.1, 0.15) is 15.6 Å². The lowest BCUT2D eigenvalue weighted by Gasteiger charge is -2.15. The minimum absolute atomic E-state index is 0.125. The number of phenols is 1. The lowest BCUT2D eigenvalue weighted by molar-refractivity contribution is 0.445. The first-order chi connectivity index (χ1) is 9.29. The Morgan fingerprint density at radius 3 is 2.70 bits per heavy atom. The molecule has 0 amide bonds. The van der Waals surface area contributed by atoms with Crippen molar-refractivity contribution in [3.63, 3.8) is 0 Å². The third-order valence-electron chi connectivity index (χ3n) is 4.00. The Balaban J connectivity index is 2.05. The molecule has 0 spiro atoms. The molecular weight excluding hydrogens is 274 g/mol. The highest BCUT2D eigenvalue weighted by Gasteiger charge is 2.31. The molecule has 0 heterocycles. The predicted molar refractivity (Wildman–Crippen MR) is 80.9 cm³/mol. The quantitative estimate of drug-likeness (QED) is 0.818. The highest BCUT2D eigenvalue weighted by atomic mass is 32.2. The molecule has 0 saturated carbocycles. The topological polar surface area (TPSA) is 66.4 Å². The van der Waals surface area contributed by atoms with Crippen LogP contribution in [0.15, 0.2) is 12.1 Å².